The van der Waals surface area contributed by atoms with Crippen LogP contribution in [0.25, 0.3) is 16.9 Å². The molecule has 0 saturated carbocycles. The summed E-state index contributed by atoms with van der Waals surface area (Å²) in [6.07, 6.45) is 6.07. The van der Waals surface area contributed by atoms with Gasteiger partial charge in [0.25, 0.3) is 5.91 Å². The number of imidazole rings is 1. The molecule has 1 unspecified atom stereocenters. The van der Waals surface area contributed by atoms with E-state index in [-0.39, 0.29) is 61.0 Å². The Hall–Kier alpha value is -4.08. The molecule has 0 aliphatic heterocycles. The van der Waals surface area contributed by atoms with Gasteiger partial charge in [0.05, 0.1) is 31.1 Å². The molecule has 0 spiro atoms. The van der Waals surface area contributed by atoms with Gasteiger partial charge in [-0.1, -0.05) is 13.3 Å². The van der Waals surface area contributed by atoms with Gasteiger partial charge >= 0.3 is 0 Å². The Balaban J connectivity index is 0.00000384. The monoisotopic (exact) mass is 696 g/mol. The standard InChI is InChI=1S/C31H38F2N8O4.2ClH/c1-3-18-14-19(7-8-21(18)30(43)38-15-20(42)16-39-31(44)23(35)6-4-5-11-34)40-28-29-37-17-24(41(29)13-12-36-28)22-9-10-25(45-2)27(33)26(22)32;;/h7-10,12-14,17,20,23,42H,3-6,11,15-16,34-35H2,1-2H3,(H,36,40)(H,38,43)(H,39,44);2*1H/t20?,23-;;/m1../s1. The van der Waals surface area contributed by atoms with Gasteiger partial charge in [-0.3, -0.25) is 14.0 Å². The Bertz CT molecular complexity index is 1660. The topological polar surface area (TPSA) is 182 Å². The van der Waals surface area contributed by atoms with Gasteiger partial charge in [-0.2, -0.15) is 4.39 Å². The Kier molecular flexibility index (Phi) is 15.2. The number of aryl methyl sites for hydroxylation is 1. The van der Waals surface area contributed by atoms with Crippen LogP contribution < -0.4 is 32.2 Å². The van der Waals surface area contributed by atoms with Crippen LogP contribution in [0.15, 0.2) is 48.9 Å². The number of halogens is 4. The van der Waals surface area contributed by atoms with Crippen molar-refractivity contribution < 1.29 is 28.2 Å². The zero-order valence-electron chi connectivity index (χ0n) is 26.0. The lowest BCUT2D eigenvalue weighted by Crippen LogP contribution is -2.45. The highest BCUT2D eigenvalue weighted by atomic mass is 35.5. The summed E-state index contributed by atoms with van der Waals surface area (Å²) in [5, 5.41) is 18.8. The van der Waals surface area contributed by atoms with Gasteiger partial charge in [0, 0.05) is 42.3 Å². The van der Waals surface area contributed by atoms with Gasteiger partial charge in [0.2, 0.25) is 11.7 Å². The lowest BCUT2D eigenvalue weighted by atomic mass is 10.0. The molecule has 2 aromatic heterocycles. The molecule has 0 aliphatic rings. The van der Waals surface area contributed by atoms with Crippen molar-refractivity contribution in [2.24, 2.45) is 11.5 Å². The molecule has 0 aliphatic carbocycles. The fraction of sp³-hybridized carbons (Fsp3) is 0.355. The largest absolute Gasteiger partial charge is 0.494 e. The van der Waals surface area contributed by atoms with E-state index >= 15 is 0 Å². The summed E-state index contributed by atoms with van der Waals surface area (Å²) in [6.45, 7) is 2.31. The minimum absolute atomic E-state index is 0. The van der Waals surface area contributed by atoms with Crippen molar-refractivity contribution >= 4 is 53.8 Å². The van der Waals surface area contributed by atoms with Crippen molar-refractivity contribution in [1.82, 2.24) is 25.0 Å². The van der Waals surface area contributed by atoms with Crippen LogP contribution in [-0.4, -0.2) is 70.2 Å². The van der Waals surface area contributed by atoms with Crippen LogP contribution in [0.5, 0.6) is 5.75 Å². The number of anilines is 2. The van der Waals surface area contributed by atoms with Crippen molar-refractivity contribution in [1.29, 1.82) is 0 Å². The van der Waals surface area contributed by atoms with E-state index in [1.54, 1.807) is 28.8 Å². The van der Waals surface area contributed by atoms with Crippen LogP contribution in [0.4, 0.5) is 20.3 Å². The number of unbranched alkanes of at least 4 members (excludes halogenated alkanes) is 1. The maximum atomic E-state index is 14.8. The maximum Gasteiger partial charge on any atom is 0.251 e. The van der Waals surface area contributed by atoms with Crippen LogP contribution in [0, 0.1) is 11.6 Å². The zero-order valence-corrected chi connectivity index (χ0v) is 27.6. The SMILES string of the molecule is CCc1cc(Nc2nccn3c(-c4ccc(OC)c(F)c4F)cnc23)ccc1C(=O)NCC(O)CNC(=O)[C@H](N)CCCCN.Cl.Cl. The van der Waals surface area contributed by atoms with Crippen molar-refractivity contribution in [2.45, 2.75) is 44.8 Å². The maximum absolute atomic E-state index is 14.8. The Morgan fingerprint density at radius 2 is 1.81 bits per heavy atom. The first-order valence-electron chi connectivity index (χ1n) is 14.6. The Morgan fingerprint density at radius 1 is 1.06 bits per heavy atom. The number of aliphatic hydroxyl groups excluding tert-OH is 1. The number of carbonyl (C=O) groups excluding carboxylic acids is 2. The van der Waals surface area contributed by atoms with Crippen molar-refractivity contribution in [3.05, 3.63) is 71.7 Å². The summed E-state index contributed by atoms with van der Waals surface area (Å²) in [6, 6.07) is 7.23. The average Bonchev–Trinajstić information content (AvgIpc) is 3.48. The minimum Gasteiger partial charge on any atom is -0.494 e. The number of benzene rings is 2. The number of methoxy groups -OCH3 is 1. The van der Waals surface area contributed by atoms with E-state index in [0.717, 1.165) is 18.4 Å². The quantitative estimate of drug-likeness (QED) is 0.101. The molecule has 4 aromatic rings. The van der Waals surface area contributed by atoms with Crippen LogP contribution in [0.1, 0.15) is 42.1 Å². The highest BCUT2D eigenvalue weighted by Gasteiger charge is 2.20. The fourth-order valence-corrected chi connectivity index (χ4v) is 4.78. The van der Waals surface area contributed by atoms with E-state index in [1.165, 1.54) is 31.6 Å². The van der Waals surface area contributed by atoms with E-state index in [0.29, 0.717) is 47.8 Å². The molecule has 8 N–H and O–H groups in total. The number of ether oxygens (including phenoxy) is 1. The number of aliphatic hydroxyl groups is 1. The summed E-state index contributed by atoms with van der Waals surface area (Å²) in [5.74, 6) is -2.74. The number of hydrogen-bond donors (Lipinski definition) is 6. The van der Waals surface area contributed by atoms with Crippen LogP contribution in [0.2, 0.25) is 0 Å². The molecule has 0 bridgehead atoms. The van der Waals surface area contributed by atoms with E-state index in [9.17, 15) is 23.5 Å². The predicted molar refractivity (Wildman–Crippen MR) is 181 cm³/mol. The molecule has 2 amide bonds. The van der Waals surface area contributed by atoms with Gasteiger partial charge in [0.1, 0.15) is 0 Å². The molecular formula is C31H40Cl2F2N8O4. The summed E-state index contributed by atoms with van der Waals surface area (Å²) >= 11 is 0. The summed E-state index contributed by atoms with van der Waals surface area (Å²) in [4.78, 5) is 33.8. The highest BCUT2D eigenvalue weighted by molar-refractivity contribution is 5.96. The average molecular weight is 698 g/mol. The highest BCUT2D eigenvalue weighted by Crippen LogP contribution is 2.31. The molecule has 2 aromatic carbocycles. The molecule has 12 nitrogen and oxygen atoms in total. The molecule has 0 fully saturated rings. The fourth-order valence-electron chi connectivity index (χ4n) is 4.78. The molecular weight excluding hydrogens is 657 g/mol. The second-order valence-electron chi connectivity index (χ2n) is 10.4. The van der Waals surface area contributed by atoms with E-state index in [2.05, 4.69) is 25.9 Å². The summed E-state index contributed by atoms with van der Waals surface area (Å²) in [7, 11) is 1.26. The lowest BCUT2D eigenvalue weighted by Gasteiger charge is -2.17. The smallest absolute Gasteiger partial charge is 0.251 e. The first kappa shape index (κ1) is 39.1. The molecule has 16 heteroatoms. The number of hydrogen-bond acceptors (Lipinski definition) is 9. The van der Waals surface area contributed by atoms with E-state index in [4.69, 9.17) is 16.2 Å². The van der Waals surface area contributed by atoms with Crippen molar-refractivity contribution in [2.75, 3.05) is 32.1 Å². The third-order valence-electron chi connectivity index (χ3n) is 7.28. The third-order valence-corrected chi connectivity index (χ3v) is 7.28. The normalized spacial score (nSPS) is 12.0. The summed E-state index contributed by atoms with van der Waals surface area (Å²) in [5.41, 5.74) is 13.8. The number of fused-ring (bicyclic) bond motifs is 1. The van der Waals surface area contributed by atoms with Crippen molar-refractivity contribution in [3.63, 3.8) is 0 Å². The van der Waals surface area contributed by atoms with Gasteiger partial charge in [-0.15, -0.1) is 24.8 Å². The molecule has 47 heavy (non-hydrogen) atoms. The van der Waals surface area contributed by atoms with Crippen LogP contribution in [-0.2, 0) is 11.2 Å². The molecule has 2 heterocycles. The molecule has 256 valence electrons. The number of nitrogens with two attached hydrogens (primary N) is 2. The van der Waals surface area contributed by atoms with E-state index < -0.39 is 23.8 Å². The first-order valence-corrected chi connectivity index (χ1v) is 14.6. The second-order valence-corrected chi connectivity index (χ2v) is 10.4. The van der Waals surface area contributed by atoms with Crippen LogP contribution >= 0.6 is 24.8 Å². The number of nitrogens with one attached hydrogen (secondary N) is 3. The Morgan fingerprint density at radius 3 is 2.51 bits per heavy atom. The number of carbonyl (C=O) groups is 2. The number of nitrogens with zero attached hydrogens (tertiary/aromatic N) is 3. The Labute approximate surface area is 283 Å². The molecule has 4 rings (SSSR count). The number of aromatic nitrogens is 3. The third kappa shape index (κ3) is 9.49. The molecule has 0 radical (unpaired) electrons. The van der Waals surface area contributed by atoms with Gasteiger partial charge in [0.15, 0.2) is 23.0 Å². The number of amides is 2. The summed E-state index contributed by atoms with van der Waals surface area (Å²) < 4.78 is 35.7. The van der Waals surface area contributed by atoms with E-state index in [1.807, 2.05) is 6.92 Å². The lowest BCUT2D eigenvalue weighted by molar-refractivity contribution is -0.122. The number of rotatable bonds is 15. The van der Waals surface area contributed by atoms with Crippen LogP contribution in [0.3, 0.4) is 0 Å². The first-order chi connectivity index (χ1) is 21.7. The van der Waals surface area contributed by atoms with Gasteiger partial charge in [-0.25, -0.2) is 14.4 Å². The second kappa shape index (κ2) is 18.3. The van der Waals surface area contributed by atoms with Crippen molar-refractivity contribution in [3.8, 4) is 17.0 Å². The predicted octanol–water partition coefficient (Wildman–Crippen LogP) is 3.50. The zero-order chi connectivity index (χ0) is 32.5. The molecule has 2 atom stereocenters. The van der Waals surface area contributed by atoms with Gasteiger partial charge < -0.3 is 37.3 Å². The van der Waals surface area contributed by atoms with Gasteiger partial charge in [-0.05, 0) is 61.7 Å². The molecule has 0 saturated heterocycles. The minimum atomic E-state index is -1.09.